The molecule has 22 heavy (non-hydrogen) atoms. The summed E-state index contributed by atoms with van der Waals surface area (Å²) in [5, 5.41) is 4.65. The zero-order valence-corrected chi connectivity index (χ0v) is 12.4. The minimum absolute atomic E-state index is 0.343. The topological polar surface area (TPSA) is 41.3 Å². The van der Waals surface area contributed by atoms with E-state index in [4.69, 9.17) is 4.42 Å². The van der Waals surface area contributed by atoms with Crippen molar-refractivity contribution in [1.29, 1.82) is 0 Å². The smallest absolute Gasteiger partial charge is 0.134 e. The minimum atomic E-state index is 0.343. The summed E-state index contributed by atoms with van der Waals surface area (Å²) in [6, 6.07) is 14.8. The quantitative estimate of drug-likeness (QED) is 0.806. The van der Waals surface area contributed by atoms with E-state index in [9.17, 15) is 0 Å². The second kappa shape index (κ2) is 5.91. The Hall–Kier alpha value is -2.17. The molecule has 0 radical (unpaired) electrons. The summed E-state index contributed by atoms with van der Waals surface area (Å²) in [6.07, 6.45) is 3.78. The predicted octanol–water partition coefficient (Wildman–Crippen LogP) is 2.97. The third-order valence-electron chi connectivity index (χ3n) is 4.26. The van der Waals surface area contributed by atoms with Gasteiger partial charge < -0.3 is 9.73 Å². The first-order valence-electron chi connectivity index (χ1n) is 7.72. The Morgan fingerprint density at radius 1 is 1.23 bits per heavy atom. The summed E-state index contributed by atoms with van der Waals surface area (Å²) < 4.78 is 5.98. The van der Waals surface area contributed by atoms with Gasteiger partial charge in [-0.3, -0.25) is 9.88 Å². The van der Waals surface area contributed by atoms with Crippen molar-refractivity contribution < 1.29 is 4.42 Å². The zero-order chi connectivity index (χ0) is 14.8. The number of para-hydroxylation sites is 1. The van der Waals surface area contributed by atoms with Crippen LogP contribution in [0.2, 0.25) is 0 Å². The number of nitrogens with zero attached hydrogens (tertiary/aromatic N) is 2. The lowest BCUT2D eigenvalue weighted by atomic mass is 10.1. The standard InChI is InChI=1S/C18H19N3O/c1-2-6-18-14(4-1)10-16(22-18)13-21-9-8-20-12-17(21)15-5-3-7-19-11-15/h1-7,10-11,17,20H,8-9,12-13H2. The summed E-state index contributed by atoms with van der Waals surface area (Å²) in [5.74, 6) is 1.02. The average molecular weight is 293 g/mol. The van der Waals surface area contributed by atoms with Crippen LogP contribution in [-0.4, -0.2) is 29.5 Å². The van der Waals surface area contributed by atoms with Crippen LogP contribution < -0.4 is 5.32 Å². The highest BCUT2D eigenvalue weighted by molar-refractivity contribution is 5.77. The van der Waals surface area contributed by atoms with Gasteiger partial charge in [-0.05, 0) is 23.8 Å². The van der Waals surface area contributed by atoms with Crippen molar-refractivity contribution in [3.8, 4) is 0 Å². The lowest BCUT2D eigenvalue weighted by Crippen LogP contribution is -2.45. The Balaban J connectivity index is 1.59. The van der Waals surface area contributed by atoms with Gasteiger partial charge in [0.05, 0.1) is 6.54 Å². The second-order valence-electron chi connectivity index (χ2n) is 5.73. The van der Waals surface area contributed by atoms with Gasteiger partial charge in [0.1, 0.15) is 11.3 Å². The maximum atomic E-state index is 5.98. The molecular formula is C18H19N3O. The number of fused-ring (bicyclic) bond motifs is 1. The molecule has 1 aromatic carbocycles. The molecule has 0 bridgehead atoms. The molecule has 1 aliphatic heterocycles. The van der Waals surface area contributed by atoms with Crippen LogP contribution in [0.5, 0.6) is 0 Å². The number of hydrogen-bond donors (Lipinski definition) is 1. The lowest BCUT2D eigenvalue weighted by Gasteiger charge is -2.35. The van der Waals surface area contributed by atoms with Crippen molar-refractivity contribution in [3.63, 3.8) is 0 Å². The molecule has 4 nitrogen and oxygen atoms in total. The van der Waals surface area contributed by atoms with Gasteiger partial charge in [0.15, 0.2) is 0 Å². The van der Waals surface area contributed by atoms with Crippen LogP contribution in [-0.2, 0) is 6.54 Å². The normalized spacial score (nSPS) is 19.5. The maximum Gasteiger partial charge on any atom is 0.134 e. The van der Waals surface area contributed by atoms with Gasteiger partial charge in [0.2, 0.25) is 0 Å². The molecule has 112 valence electrons. The van der Waals surface area contributed by atoms with E-state index in [0.717, 1.165) is 37.5 Å². The molecular weight excluding hydrogens is 274 g/mol. The third kappa shape index (κ3) is 2.63. The summed E-state index contributed by atoms with van der Waals surface area (Å²) in [5.41, 5.74) is 2.22. The SMILES string of the molecule is c1cncc(C2CNCCN2Cc2cc3ccccc3o2)c1. The van der Waals surface area contributed by atoms with Gasteiger partial charge in [0.25, 0.3) is 0 Å². The lowest BCUT2D eigenvalue weighted by molar-refractivity contribution is 0.143. The van der Waals surface area contributed by atoms with E-state index in [1.807, 2.05) is 36.7 Å². The highest BCUT2D eigenvalue weighted by Crippen LogP contribution is 2.26. The first-order chi connectivity index (χ1) is 10.9. The van der Waals surface area contributed by atoms with Crippen LogP contribution in [0.15, 0.2) is 59.3 Å². The highest BCUT2D eigenvalue weighted by atomic mass is 16.3. The van der Waals surface area contributed by atoms with E-state index in [1.54, 1.807) is 0 Å². The van der Waals surface area contributed by atoms with Crippen LogP contribution in [0, 0.1) is 0 Å². The van der Waals surface area contributed by atoms with Crippen molar-refractivity contribution in [1.82, 2.24) is 15.2 Å². The summed E-state index contributed by atoms with van der Waals surface area (Å²) in [7, 11) is 0. The number of furan rings is 1. The molecule has 0 amide bonds. The fourth-order valence-corrected chi connectivity index (χ4v) is 3.15. The predicted molar refractivity (Wildman–Crippen MR) is 86.5 cm³/mol. The van der Waals surface area contributed by atoms with Crippen molar-refractivity contribution in [3.05, 3.63) is 66.2 Å². The Morgan fingerprint density at radius 3 is 3.05 bits per heavy atom. The van der Waals surface area contributed by atoms with E-state index >= 15 is 0 Å². The van der Waals surface area contributed by atoms with Gasteiger partial charge in [-0.15, -0.1) is 0 Å². The molecule has 1 fully saturated rings. The van der Waals surface area contributed by atoms with E-state index in [1.165, 1.54) is 10.9 Å². The molecule has 1 unspecified atom stereocenters. The Kier molecular flexibility index (Phi) is 3.62. The largest absolute Gasteiger partial charge is 0.460 e. The van der Waals surface area contributed by atoms with Crippen molar-refractivity contribution in [2.45, 2.75) is 12.6 Å². The van der Waals surface area contributed by atoms with Crippen molar-refractivity contribution in [2.24, 2.45) is 0 Å². The number of nitrogens with one attached hydrogen (secondary N) is 1. The van der Waals surface area contributed by atoms with Gasteiger partial charge in [-0.25, -0.2) is 0 Å². The number of hydrogen-bond acceptors (Lipinski definition) is 4. The molecule has 0 aliphatic carbocycles. The zero-order valence-electron chi connectivity index (χ0n) is 12.4. The maximum absolute atomic E-state index is 5.98. The van der Waals surface area contributed by atoms with E-state index < -0.39 is 0 Å². The molecule has 1 aliphatic rings. The molecule has 1 atom stereocenters. The third-order valence-corrected chi connectivity index (χ3v) is 4.26. The minimum Gasteiger partial charge on any atom is -0.460 e. The number of benzene rings is 1. The van der Waals surface area contributed by atoms with E-state index in [2.05, 4.69) is 33.4 Å². The molecule has 4 rings (SSSR count). The van der Waals surface area contributed by atoms with E-state index in [0.29, 0.717) is 6.04 Å². The molecule has 3 heterocycles. The molecule has 4 heteroatoms. The van der Waals surface area contributed by atoms with Crippen LogP contribution in [0.1, 0.15) is 17.4 Å². The molecule has 2 aromatic heterocycles. The molecule has 1 saturated heterocycles. The fourth-order valence-electron chi connectivity index (χ4n) is 3.15. The fraction of sp³-hybridized carbons (Fsp3) is 0.278. The van der Waals surface area contributed by atoms with Crippen LogP contribution in [0.25, 0.3) is 11.0 Å². The molecule has 0 saturated carbocycles. The number of pyridine rings is 1. The number of piperazine rings is 1. The van der Waals surface area contributed by atoms with Gasteiger partial charge in [-0.2, -0.15) is 0 Å². The summed E-state index contributed by atoms with van der Waals surface area (Å²) in [6.45, 7) is 3.80. The first-order valence-corrected chi connectivity index (χ1v) is 7.72. The summed E-state index contributed by atoms with van der Waals surface area (Å²) in [4.78, 5) is 6.72. The highest BCUT2D eigenvalue weighted by Gasteiger charge is 2.24. The average Bonchev–Trinajstić information content (AvgIpc) is 2.98. The molecule has 0 spiro atoms. The van der Waals surface area contributed by atoms with Gasteiger partial charge in [0, 0.05) is 43.5 Å². The Bertz CT molecular complexity index is 720. The first kappa shape index (κ1) is 13.5. The van der Waals surface area contributed by atoms with Gasteiger partial charge >= 0.3 is 0 Å². The Morgan fingerprint density at radius 2 is 2.18 bits per heavy atom. The second-order valence-corrected chi connectivity index (χ2v) is 5.73. The summed E-state index contributed by atoms with van der Waals surface area (Å²) >= 11 is 0. The number of rotatable bonds is 3. The van der Waals surface area contributed by atoms with E-state index in [-0.39, 0.29) is 0 Å². The molecule has 1 N–H and O–H groups in total. The van der Waals surface area contributed by atoms with Gasteiger partial charge in [-0.1, -0.05) is 24.3 Å². The number of aromatic nitrogens is 1. The van der Waals surface area contributed by atoms with Crippen molar-refractivity contribution in [2.75, 3.05) is 19.6 Å². The van der Waals surface area contributed by atoms with Crippen LogP contribution in [0.4, 0.5) is 0 Å². The van der Waals surface area contributed by atoms with Crippen molar-refractivity contribution >= 4 is 11.0 Å². The van der Waals surface area contributed by atoms with Crippen LogP contribution >= 0.6 is 0 Å². The van der Waals surface area contributed by atoms with Crippen LogP contribution in [0.3, 0.4) is 0 Å². The molecule has 3 aromatic rings. The monoisotopic (exact) mass is 293 g/mol. The Labute approximate surface area is 129 Å².